The number of aryl methyl sites for hydroxylation is 2. The molecular formula is C19H27ClN4O2S. The van der Waals surface area contributed by atoms with Crippen LogP contribution in [0.25, 0.3) is 0 Å². The Morgan fingerprint density at radius 2 is 1.85 bits per heavy atom. The Morgan fingerprint density at radius 3 is 2.48 bits per heavy atom. The summed E-state index contributed by atoms with van der Waals surface area (Å²) in [4.78, 5) is 0. The van der Waals surface area contributed by atoms with E-state index in [0.717, 1.165) is 65.9 Å². The van der Waals surface area contributed by atoms with E-state index in [0.29, 0.717) is 5.11 Å². The first-order valence-corrected chi connectivity index (χ1v) is 9.67. The molecule has 27 heavy (non-hydrogen) atoms. The van der Waals surface area contributed by atoms with E-state index in [1.54, 1.807) is 14.2 Å². The van der Waals surface area contributed by atoms with Crippen LogP contribution in [-0.4, -0.2) is 42.2 Å². The molecule has 0 saturated heterocycles. The summed E-state index contributed by atoms with van der Waals surface area (Å²) in [6, 6.07) is 5.92. The zero-order valence-corrected chi connectivity index (χ0v) is 17.8. The molecule has 1 heterocycles. The second kappa shape index (κ2) is 10.4. The number of aromatic nitrogens is 2. The van der Waals surface area contributed by atoms with Gasteiger partial charge in [0, 0.05) is 19.6 Å². The fourth-order valence-electron chi connectivity index (χ4n) is 2.74. The highest BCUT2D eigenvalue weighted by atomic mass is 35.5. The zero-order valence-electron chi connectivity index (χ0n) is 16.3. The molecule has 0 saturated carbocycles. The number of hydrogen-bond donors (Lipinski definition) is 2. The van der Waals surface area contributed by atoms with Crippen molar-refractivity contribution in [1.82, 2.24) is 20.4 Å². The molecule has 0 aliphatic heterocycles. The van der Waals surface area contributed by atoms with Gasteiger partial charge in [-0.3, -0.25) is 4.68 Å². The quantitative estimate of drug-likeness (QED) is 0.488. The van der Waals surface area contributed by atoms with Crippen molar-refractivity contribution in [3.05, 3.63) is 40.2 Å². The van der Waals surface area contributed by atoms with Gasteiger partial charge in [-0.25, -0.2) is 0 Å². The minimum atomic E-state index is 0.655. The lowest BCUT2D eigenvalue weighted by molar-refractivity contribution is 0.354. The second-order valence-electron chi connectivity index (χ2n) is 6.18. The van der Waals surface area contributed by atoms with Crippen molar-refractivity contribution < 1.29 is 9.47 Å². The first kappa shape index (κ1) is 21.3. The van der Waals surface area contributed by atoms with Crippen LogP contribution in [0.3, 0.4) is 0 Å². The summed E-state index contributed by atoms with van der Waals surface area (Å²) in [5.74, 6) is 1.47. The summed E-state index contributed by atoms with van der Waals surface area (Å²) in [6.45, 7) is 6.23. The van der Waals surface area contributed by atoms with Crippen molar-refractivity contribution in [1.29, 1.82) is 0 Å². The van der Waals surface area contributed by atoms with Gasteiger partial charge in [0.25, 0.3) is 0 Å². The van der Waals surface area contributed by atoms with E-state index in [1.165, 1.54) is 0 Å². The molecule has 2 rings (SSSR count). The van der Waals surface area contributed by atoms with Crippen LogP contribution in [0.5, 0.6) is 11.5 Å². The monoisotopic (exact) mass is 410 g/mol. The average Bonchev–Trinajstić information content (AvgIpc) is 2.91. The smallest absolute Gasteiger partial charge is 0.166 e. The van der Waals surface area contributed by atoms with E-state index in [1.807, 2.05) is 36.7 Å². The predicted molar refractivity (Wildman–Crippen MR) is 113 cm³/mol. The zero-order chi connectivity index (χ0) is 19.8. The Labute approximate surface area is 171 Å². The molecule has 2 N–H and O–H groups in total. The molecular weight excluding hydrogens is 384 g/mol. The van der Waals surface area contributed by atoms with Crippen LogP contribution < -0.4 is 20.1 Å². The maximum absolute atomic E-state index is 6.16. The van der Waals surface area contributed by atoms with Gasteiger partial charge in [-0.05, 0) is 56.6 Å². The molecule has 0 aliphatic carbocycles. The molecule has 2 aromatic rings. The molecule has 1 aromatic heterocycles. The number of ether oxygens (including phenoxy) is 2. The van der Waals surface area contributed by atoms with Crippen molar-refractivity contribution in [3.63, 3.8) is 0 Å². The highest BCUT2D eigenvalue weighted by Gasteiger charge is 2.08. The standard InChI is InChI=1S/C19H27ClN4O2S/c1-13-18(20)14(2)24(23-13)11-5-9-21-19(27)22-10-8-15-6-7-16(25-3)17(12-15)26-4/h6-7,12H,5,8-11H2,1-4H3,(H2,21,22,27). The third-order valence-corrected chi connectivity index (χ3v) is 5.11. The lowest BCUT2D eigenvalue weighted by Gasteiger charge is -2.12. The van der Waals surface area contributed by atoms with Crippen LogP contribution in [-0.2, 0) is 13.0 Å². The molecule has 148 valence electrons. The molecule has 0 bridgehead atoms. The number of hydrogen-bond acceptors (Lipinski definition) is 4. The third-order valence-electron chi connectivity index (χ3n) is 4.27. The van der Waals surface area contributed by atoms with Gasteiger partial charge in [0.2, 0.25) is 0 Å². The first-order chi connectivity index (χ1) is 13.0. The molecule has 0 fully saturated rings. The van der Waals surface area contributed by atoms with E-state index >= 15 is 0 Å². The number of halogens is 1. The Bertz CT molecular complexity index is 779. The maximum atomic E-state index is 6.16. The molecule has 0 spiro atoms. The summed E-state index contributed by atoms with van der Waals surface area (Å²) in [7, 11) is 3.27. The Morgan fingerprint density at radius 1 is 1.15 bits per heavy atom. The van der Waals surface area contributed by atoms with Crippen molar-refractivity contribution >= 4 is 28.9 Å². The largest absolute Gasteiger partial charge is 0.493 e. The molecule has 0 atom stereocenters. The Kier molecular flexibility index (Phi) is 8.19. The number of methoxy groups -OCH3 is 2. The van der Waals surface area contributed by atoms with Crippen LogP contribution in [0.4, 0.5) is 0 Å². The Hall–Kier alpha value is -1.99. The van der Waals surface area contributed by atoms with Crippen LogP contribution in [0, 0.1) is 13.8 Å². The third kappa shape index (κ3) is 6.01. The predicted octanol–water partition coefficient (Wildman–Crippen LogP) is 3.27. The fraction of sp³-hybridized carbons (Fsp3) is 0.474. The number of rotatable bonds is 9. The van der Waals surface area contributed by atoms with Crippen LogP contribution in [0.1, 0.15) is 23.4 Å². The molecule has 8 heteroatoms. The topological polar surface area (TPSA) is 60.3 Å². The maximum Gasteiger partial charge on any atom is 0.166 e. The summed E-state index contributed by atoms with van der Waals surface area (Å²) >= 11 is 11.5. The van der Waals surface area contributed by atoms with Gasteiger partial charge < -0.3 is 20.1 Å². The van der Waals surface area contributed by atoms with Crippen molar-refractivity contribution in [3.8, 4) is 11.5 Å². The SMILES string of the molecule is COc1ccc(CCNC(=S)NCCCn2nc(C)c(Cl)c2C)cc1OC. The van der Waals surface area contributed by atoms with Crippen molar-refractivity contribution in [2.45, 2.75) is 33.2 Å². The summed E-state index contributed by atoms with van der Waals surface area (Å²) in [5, 5.41) is 12.3. The summed E-state index contributed by atoms with van der Waals surface area (Å²) < 4.78 is 12.5. The highest BCUT2D eigenvalue weighted by molar-refractivity contribution is 7.80. The number of nitrogens with zero attached hydrogens (tertiary/aromatic N) is 2. The molecule has 1 aromatic carbocycles. The minimum Gasteiger partial charge on any atom is -0.493 e. The van der Waals surface area contributed by atoms with E-state index in [4.69, 9.17) is 33.3 Å². The van der Waals surface area contributed by atoms with Gasteiger partial charge in [-0.2, -0.15) is 5.10 Å². The van der Waals surface area contributed by atoms with Gasteiger partial charge in [0.05, 0.1) is 30.6 Å². The summed E-state index contributed by atoms with van der Waals surface area (Å²) in [5.41, 5.74) is 3.03. The van der Waals surface area contributed by atoms with Gasteiger partial charge >= 0.3 is 0 Å². The van der Waals surface area contributed by atoms with Crippen molar-refractivity contribution in [2.24, 2.45) is 0 Å². The Balaban J connectivity index is 1.67. The number of thiocarbonyl (C=S) groups is 1. The molecule has 0 unspecified atom stereocenters. The lowest BCUT2D eigenvalue weighted by Crippen LogP contribution is -2.37. The van der Waals surface area contributed by atoms with Crippen LogP contribution >= 0.6 is 23.8 Å². The van der Waals surface area contributed by atoms with Crippen LogP contribution in [0.2, 0.25) is 5.02 Å². The minimum absolute atomic E-state index is 0.655. The fourth-order valence-corrected chi connectivity index (χ4v) is 3.08. The van der Waals surface area contributed by atoms with Crippen LogP contribution in [0.15, 0.2) is 18.2 Å². The second-order valence-corrected chi connectivity index (χ2v) is 6.97. The number of nitrogens with one attached hydrogen (secondary N) is 2. The molecule has 0 amide bonds. The van der Waals surface area contributed by atoms with Gasteiger partial charge in [-0.15, -0.1) is 0 Å². The normalized spacial score (nSPS) is 10.6. The van der Waals surface area contributed by atoms with E-state index in [9.17, 15) is 0 Å². The van der Waals surface area contributed by atoms with Crippen molar-refractivity contribution in [2.75, 3.05) is 27.3 Å². The van der Waals surface area contributed by atoms with E-state index in [-0.39, 0.29) is 0 Å². The first-order valence-electron chi connectivity index (χ1n) is 8.88. The van der Waals surface area contributed by atoms with Gasteiger partial charge in [0.15, 0.2) is 16.6 Å². The van der Waals surface area contributed by atoms with Gasteiger partial charge in [0.1, 0.15) is 0 Å². The van der Waals surface area contributed by atoms with E-state index < -0.39 is 0 Å². The molecule has 0 radical (unpaired) electrons. The number of benzene rings is 1. The average molecular weight is 411 g/mol. The molecule has 0 aliphatic rings. The lowest BCUT2D eigenvalue weighted by atomic mass is 10.1. The molecule has 6 nitrogen and oxygen atoms in total. The van der Waals surface area contributed by atoms with E-state index in [2.05, 4.69) is 15.7 Å². The highest BCUT2D eigenvalue weighted by Crippen LogP contribution is 2.27. The van der Waals surface area contributed by atoms with Gasteiger partial charge in [-0.1, -0.05) is 17.7 Å². The summed E-state index contributed by atoms with van der Waals surface area (Å²) in [6.07, 6.45) is 1.75.